The molecule has 0 radical (unpaired) electrons. The molecule has 0 saturated carbocycles. The van der Waals surface area contributed by atoms with Gasteiger partial charge in [-0.3, -0.25) is 0 Å². The molecule has 1 aliphatic heterocycles. The zero-order valence-corrected chi connectivity index (χ0v) is 19.3. The topological polar surface area (TPSA) is 102 Å². The molecule has 8 nitrogen and oxygen atoms in total. The fourth-order valence-corrected chi connectivity index (χ4v) is 6.04. The van der Waals surface area contributed by atoms with Gasteiger partial charge < -0.3 is 9.47 Å². The predicted octanol–water partition coefficient (Wildman–Crippen LogP) is 2.40. The molecule has 2 aromatic rings. The van der Waals surface area contributed by atoms with Crippen LogP contribution in [-0.4, -0.2) is 55.0 Å². The molecule has 170 valence electrons. The lowest BCUT2D eigenvalue weighted by Gasteiger charge is -2.25. The predicted molar refractivity (Wildman–Crippen MR) is 117 cm³/mol. The van der Waals surface area contributed by atoms with Gasteiger partial charge in [-0.25, -0.2) is 21.6 Å². The third kappa shape index (κ3) is 5.57. The zero-order chi connectivity index (χ0) is 22.5. The van der Waals surface area contributed by atoms with Crippen molar-refractivity contribution >= 4 is 20.0 Å². The van der Waals surface area contributed by atoms with Gasteiger partial charge in [0.1, 0.15) is 0 Å². The van der Waals surface area contributed by atoms with E-state index in [2.05, 4.69) is 4.72 Å². The van der Waals surface area contributed by atoms with Crippen LogP contribution < -0.4 is 14.2 Å². The first kappa shape index (κ1) is 23.5. The second kappa shape index (κ2) is 9.99. The number of sulfonamides is 2. The fraction of sp³-hybridized carbons (Fsp3) is 0.429. The van der Waals surface area contributed by atoms with E-state index in [9.17, 15) is 16.8 Å². The van der Waals surface area contributed by atoms with E-state index in [1.54, 1.807) is 24.3 Å². The van der Waals surface area contributed by atoms with E-state index >= 15 is 0 Å². The summed E-state index contributed by atoms with van der Waals surface area (Å²) in [6.07, 6.45) is 3.26. The fourth-order valence-electron chi connectivity index (χ4n) is 3.48. The van der Waals surface area contributed by atoms with Crippen LogP contribution in [-0.2, 0) is 26.5 Å². The third-order valence-corrected chi connectivity index (χ3v) is 8.62. The van der Waals surface area contributed by atoms with Crippen molar-refractivity contribution in [3.05, 3.63) is 48.0 Å². The molecule has 0 spiro atoms. The van der Waals surface area contributed by atoms with Gasteiger partial charge >= 0.3 is 0 Å². The van der Waals surface area contributed by atoms with Crippen LogP contribution in [0.25, 0.3) is 0 Å². The number of hydrogen-bond acceptors (Lipinski definition) is 6. The first-order valence-electron chi connectivity index (χ1n) is 10.1. The Labute approximate surface area is 184 Å². The molecular weight excluding hydrogens is 440 g/mol. The van der Waals surface area contributed by atoms with Crippen LogP contribution >= 0.6 is 0 Å². The number of nitrogens with zero attached hydrogens (tertiary/aromatic N) is 1. The first-order chi connectivity index (χ1) is 14.8. The molecule has 0 atom stereocenters. The Morgan fingerprint density at radius 3 is 2.06 bits per heavy atom. The maximum Gasteiger partial charge on any atom is 0.243 e. The van der Waals surface area contributed by atoms with Crippen LogP contribution in [0.2, 0.25) is 0 Å². The van der Waals surface area contributed by atoms with Gasteiger partial charge in [0, 0.05) is 25.7 Å². The molecule has 1 heterocycles. The monoisotopic (exact) mass is 468 g/mol. The molecular formula is C21H28N2O6S2. The highest BCUT2D eigenvalue weighted by atomic mass is 32.2. The SMILES string of the molecule is COc1ccc(S(=O)(=O)NCCc2ccc(S(=O)(=O)N3CCCCC3)cc2)cc1OC. The molecule has 1 N–H and O–H groups in total. The second-order valence-electron chi connectivity index (χ2n) is 7.27. The molecule has 1 fully saturated rings. The van der Waals surface area contributed by atoms with Crippen molar-refractivity contribution in [1.29, 1.82) is 0 Å². The van der Waals surface area contributed by atoms with Crippen molar-refractivity contribution in [2.45, 2.75) is 35.5 Å². The summed E-state index contributed by atoms with van der Waals surface area (Å²) < 4.78 is 64.9. The van der Waals surface area contributed by atoms with Crippen LogP contribution in [0, 0.1) is 0 Å². The van der Waals surface area contributed by atoms with E-state index in [0.29, 0.717) is 31.0 Å². The van der Waals surface area contributed by atoms with Crippen molar-refractivity contribution in [3.63, 3.8) is 0 Å². The summed E-state index contributed by atoms with van der Waals surface area (Å²) in [5.74, 6) is 0.775. The number of rotatable bonds is 9. The second-order valence-corrected chi connectivity index (χ2v) is 11.0. The Kier molecular flexibility index (Phi) is 7.58. The lowest BCUT2D eigenvalue weighted by atomic mass is 10.2. The molecule has 3 rings (SSSR count). The van der Waals surface area contributed by atoms with E-state index in [0.717, 1.165) is 24.8 Å². The molecule has 0 unspecified atom stereocenters. The number of methoxy groups -OCH3 is 2. The van der Waals surface area contributed by atoms with Gasteiger partial charge in [-0.1, -0.05) is 18.6 Å². The van der Waals surface area contributed by atoms with Gasteiger partial charge in [-0.2, -0.15) is 4.31 Å². The molecule has 1 saturated heterocycles. The van der Waals surface area contributed by atoms with Crippen LogP contribution in [0.3, 0.4) is 0 Å². The summed E-state index contributed by atoms with van der Waals surface area (Å²) in [7, 11) is -4.27. The molecule has 10 heteroatoms. The molecule has 0 aromatic heterocycles. The average molecular weight is 469 g/mol. The lowest BCUT2D eigenvalue weighted by molar-refractivity contribution is 0.346. The van der Waals surface area contributed by atoms with Gasteiger partial charge in [0.2, 0.25) is 20.0 Å². The minimum atomic E-state index is -3.72. The van der Waals surface area contributed by atoms with E-state index in [-0.39, 0.29) is 16.3 Å². The smallest absolute Gasteiger partial charge is 0.243 e. The first-order valence-corrected chi connectivity index (χ1v) is 13.0. The van der Waals surface area contributed by atoms with Crippen molar-refractivity contribution in [2.24, 2.45) is 0 Å². The maximum atomic E-state index is 12.7. The van der Waals surface area contributed by atoms with E-state index in [1.165, 1.54) is 36.7 Å². The van der Waals surface area contributed by atoms with E-state index in [4.69, 9.17) is 9.47 Å². The minimum absolute atomic E-state index is 0.0770. The van der Waals surface area contributed by atoms with Crippen molar-refractivity contribution in [2.75, 3.05) is 33.9 Å². The standard InChI is InChI=1S/C21H28N2O6S2/c1-28-20-11-10-19(16-21(20)29-2)30(24,25)22-13-12-17-6-8-18(9-7-17)31(26,27)23-14-4-3-5-15-23/h6-11,16,22H,3-5,12-15H2,1-2H3. The summed E-state index contributed by atoms with van der Waals surface area (Å²) in [4.78, 5) is 0.345. The van der Waals surface area contributed by atoms with E-state index in [1.807, 2.05) is 0 Å². The third-order valence-electron chi connectivity index (χ3n) is 5.25. The summed E-state index contributed by atoms with van der Waals surface area (Å²) in [6.45, 7) is 1.29. The minimum Gasteiger partial charge on any atom is -0.493 e. The number of ether oxygens (including phenoxy) is 2. The Morgan fingerprint density at radius 1 is 0.839 bits per heavy atom. The zero-order valence-electron chi connectivity index (χ0n) is 17.7. The van der Waals surface area contributed by atoms with Gasteiger partial charge in [-0.15, -0.1) is 0 Å². The largest absolute Gasteiger partial charge is 0.493 e. The Morgan fingerprint density at radius 2 is 1.45 bits per heavy atom. The van der Waals surface area contributed by atoms with Crippen LogP contribution in [0.5, 0.6) is 11.5 Å². The highest BCUT2D eigenvalue weighted by Gasteiger charge is 2.25. The summed E-state index contributed by atoms with van der Waals surface area (Å²) in [5, 5.41) is 0. The quantitative estimate of drug-likeness (QED) is 0.606. The summed E-state index contributed by atoms with van der Waals surface area (Å²) in [5.41, 5.74) is 0.840. The summed E-state index contributed by atoms with van der Waals surface area (Å²) in [6, 6.07) is 11.0. The molecule has 1 aliphatic rings. The van der Waals surface area contributed by atoms with Crippen LogP contribution in [0.4, 0.5) is 0 Å². The number of piperidine rings is 1. The molecule has 2 aromatic carbocycles. The highest BCUT2D eigenvalue weighted by Crippen LogP contribution is 2.29. The van der Waals surface area contributed by atoms with Crippen LogP contribution in [0.15, 0.2) is 52.3 Å². The van der Waals surface area contributed by atoms with Crippen molar-refractivity contribution in [1.82, 2.24) is 9.03 Å². The number of hydrogen-bond donors (Lipinski definition) is 1. The summed E-state index contributed by atoms with van der Waals surface area (Å²) >= 11 is 0. The molecule has 0 amide bonds. The van der Waals surface area contributed by atoms with Gasteiger partial charge in [0.05, 0.1) is 24.0 Å². The van der Waals surface area contributed by atoms with Crippen molar-refractivity contribution < 1.29 is 26.3 Å². The van der Waals surface area contributed by atoms with Crippen LogP contribution in [0.1, 0.15) is 24.8 Å². The lowest BCUT2D eigenvalue weighted by Crippen LogP contribution is -2.35. The van der Waals surface area contributed by atoms with Gasteiger partial charge in [0.25, 0.3) is 0 Å². The van der Waals surface area contributed by atoms with Gasteiger partial charge in [-0.05, 0) is 49.1 Å². The maximum absolute atomic E-state index is 12.7. The molecule has 31 heavy (non-hydrogen) atoms. The normalized spacial score (nSPS) is 15.5. The Balaban J connectivity index is 1.61. The highest BCUT2D eigenvalue weighted by molar-refractivity contribution is 7.89. The molecule has 0 aliphatic carbocycles. The number of nitrogens with one attached hydrogen (secondary N) is 1. The Bertz CT molecular complexity index is 1090. The van der Waals surface area contributed by atoms with Crippen molar-refractivity contribution in [3.8, 4) is 11.5 Å². The van der Waals surface area contributed by atoms with E-state index < -0.39 is 20.0 Å². The molecule has 0 bridgehead atoms. The average Bonchev–Trinajstić information content (AvgIpc) is 2.79. The number of benzene rings is 2. The van der Waals surface area contributed by atoms with Gasteiger partial charge in [0.15, 0.2) is 11.5 Å². The Hall–Kier alpha value is -2.14.